The van der Waals surface area contributed by atoms with Gasteiger partial charge in [-0.2, -0.15) is 0 Å². The Bertz CT molecular complexity index is 371. The summed E-state index contributed by atoms with van der Waals surface area (Å²) in [7, 11) is 1.69. The van der Waals surface area contributed by atoms with Crippen molar-refractivity contribution in [1.29, 1.82) is 0 Å². The van der Waals surface area contributed by atoms with Gasteiger partial charge in [0.15, 0.2) is 0 Å². The Hall–Kier alpha value is -1.13. The molecule has 96 valence electrons. The molecule has 0 saturated carbocycles. The maximum absolute atomic E-state index is 12.9. The SMILES string of the molecule is CC(N)CC(=O)N(C)Cc1cccc(F)c1.Cl. The molecule has 1 atom stereocenters. The van der Waals surface area contributed by atoms with Crippen LogP contribution < -0.4 is 5.73 Å². The standard InChI is InChI=1S/C12H17FN2O.ClH/c1-9(14)6-12(16)15(2)8-10-4-3-5-11(13)7-10;/h3-5,7,9H,6,8,14H2,1-2H3;1H. The molecule has 0 spiro atoms. The number of amides is 1. The van der Waals surface area contributed by atoms with Crippen molar-refractivity contribution in [2.45, 2.75) is 25.9 Å². The second-order valence-electron chi connectivity index (χ2n) is 4.06. The Labute approximate surface area is 107 Å². The molecule has 17 heavy (non-hydrogen) atoms. The van der Waals surface area contributed by atoms with Crippen LogP contribution >= 0.6 is 12.4 Å². The Morgan fingerprint density at radius 1 is 1.53 bits per heavy atom. The Morgan fingerprint density at radius 2 is 2.18 bits per heavy atom. The summed E-state index contributed by atoms with van der Waals surface area (Å²) < 4.78 is 12.9. The predicted octanol–water partition coefficient (Wildman–Crippen LogP) is 1.94. The maximum atomic E-state index is 12.9. The highest BCUT2D eigenvalue weighted by atomic mass is 35.5. The van der Waals surface area contributed by atoms with Crippen molar-refractivity contribution in [3.8, 4) is 0 Å². The molecule has 0 aliphatic rings. The van der Waals surface area contributed by atoms with Gasteiger partial charge in [-0.25, -0.2) is 4.39 Å². The van der Waals surface area contributed by atoms with Crippen LogP contribution in [0.15, 0.2) is 24.3 Å². The van der Waals surface area contributed by atoms with E-state index in [0.29, 0.717) is 13.0 Å². The van der Waals surface area contributed by atoms with Crippen LogP contribution in [-0.2, 0) is 11.3 Å². The van der Waals surface area contributed by atoms with Gasteiger partial charge in [-0.15, -0.1) is 12.4 Å². The maximum Gasteiger partial charge on any atom is 0.224 e. The number of nitrogens with two attached hydrogens (primary N) is 1. The lowest BCUT2D eigenvalue weighted by molar-refractivity contribution is -0.130. The average Bonchev–Trinajstić information content (AvgIpc) is 2.16. The third kappa shape index (κ3) is 5.65. The molecule has 3 nitrogen and oxygen atoms in total. The van der Waals surface area contributed by atoms with Crippen LogP contribution in [0.4, 0.5) is 4.39 Å². The minimum absolute atomic E-state index is 0. The third-order valence-electron chi connectivity index (χ3n) is 2.23. The number of carbonyl (C=O) groups excluding carboxylic acids is 1. The van der Waals surface area contributed by atoms with Crippen molar-refractivity contribution < 1.29 is 9.18 Å². The molecule has 0 aliphatic heterocycles. The first-order valence-electron chi connectivity index (χ1n) is 5.23. The quantitative estimate of drug-likeness (QED) is 0.899. The second-order valence-corrected chi connectivity index (χ2v) is 4.06. The molecule has 0 aromatic heterocycles. The van der Waals surface area contributed by atoms with E-state index in [1.165, 1.54) is 12.1 Å². The van der Waals surface area contributed by atoms with Crippen LogP contribution in [0, 0.1) is 5.82 Å². The van der Waals surface area contributed by atoms with Crippen molar-refractivity contribution in [2.24, 2.45) is 5.73 Å². The summed E-state index contributed by atoms with van der Waals surface area (Å²) >= 11 is 0. The average molecular weight is 261 g/mol. The fourth-order valence-corrected chi connectivity index (χ4v) is 1.43. The van der Waals surface area contributed by atoms with Crippen molar-refractivity contribution in [3.05, 3.63) is 35.6 Å². The smallest absolute Gasteiger partial charge is 0.224 e. The van der Waals surface area contributed by atoms with E-state index in [1.807, 2.05) is 0 Å². The second kappa shape index (κ2) is 7.25. The van der Waals surface area contributed by atoms with Gasteiger partial charge >= 0.3 is 0 Å². The molecule has 0 heterocycles. The fraction of sp³-hybridized carbons (Fsp3) is 0.417. The van der Waals surface area contributed by atoms with E-state index < -0.39 is 0 Å². The lowest BCUT2D eigenvalue weighted by atomic mass is 10.2. The normalized spacial score (nSPS) is 11.5. The van der Waals surface area contributed by atoms with Crippen LogP contribution in [0.2, 0.25) is 0 Å². The first kappa shape index (κ1) is 15.9. The Kier molecular flexibility index (Phi) is 6.76. The van der Waals surface area contributed by atoms with E-state index in [4.69, 9.17) is 5.73 Å². The number of rotatable bonds is 4. The molecule has 2 N–H and O–H groups in total. The van der Waals surface area contributed by atoms with Gasteiger partial charge in [0, 0.05) is 26.1 Å². The molecule has 0 bridgehead atoms. The number of benzene rings is 1. The van der Waals surface area contributed by atoms with Crippen LogP contribution in [0.3, 0.4) is 0 Å². The van der Waals surface area contributed by atoms with Crippen molar-refractivity contribution in [2.75, 3.05) is 7.05 Å². The first-order chi connectivity index (χ1) is 7.49. The van der Waals surface area contributed by atoms with E-state index in [9.17, 15) is 9.18 Å². The summed E-state index contributed by atoms with van der Waals surface area (Å²) in [6, 6.07) is 6.08. The van der Waals surface area contributed by atoms with Gasteiger partial charge in [-0.1, -0.05) is 12.1 Å². The largest absolute Gasteiger partial charge is 0.341 e. The van der Waals surface area contributed by atoms with Gasteiger partial charge in [0.25, 0.3) is 0 Å². The summed E-state index contributed by atoms with van der Waals surface area (Å²) in [5.74, 6) is -0.315. The summed E-state index contributed by atoms with van der Waals surface area (Å²) in [6.07, 6.45) is 0.311. The molecule has 1 amide bonds. The number of halogens is 2. The molecular formula is C12H18ClFN2O. The van der Waals surface area contributed by atoms with Gasteiger partial charge < -0.3 is 10.6 Å². The van der Waals surface area contributed by atoms with Gasteiger partial charge in [0.1, 0.15) is 5.82 Å². The summed E-state index contributed by atoms with van der Waals surface area (Å²) in [4.78, 5) is 13.1. The number of nitrogens with zero attached hydrogens (tertiary/aromatic N) is 1. The molecule has 1 aromatic rings. The molecule has 0 saturated heterocycles. The van der Waals surface area contributed by atoms with Gasteiger partial charge in [0.2, 0.25) is 5.91 Å². The zero-order valence-electron chi connectivity index (χ0n) is 10.0. The predicted molar refractivity (Wildman–Crippen MR) is 68.4 cm³/mol. The molecule has 5 heteroatoms. The Morgan fingerprint density at radius 3 is 2.71 bits per heavy atom. The Balaban J connectivity index is 0.00000256. The summed E-state index contributed by atoms with van der Waals surface area (Å²) in [5.41, 5.74) is 6.32. The summed E-state index contributed by atoms with van der Waals surface area (Å²) in [6.45, 7) is 2.19. The van der Waals surface area contributed by atoms with Crippen molar-refractivity contribution >= 4 is 18.3 Å². The van der Waals surface area contributed by atoms with Crippen molar-refractivity contribution in [3.63, 3.8) is 0 Å². The topological polar surface area (TPSA) is 46.3 Å². The minimum atomic E-state index is -0.287. The van der Waals surface area contributed by atoms with E-state index in [2.05, 4.69) is 0 Å². The molecule has 0 aliphatic carbocycles. The molecule has 0 fully saturated rings. The summed E-state index contributed by atoms with van der Waals surface area (Å²) in [5, 5.41) is 0. The fourth-order valence-electron chi connectivity index (χ4n) is 1.43. The molecule has 1 rings (SSSR count). The van der Waals surface area contributed by atoms with Gasteiger partial charge in [0.05, 0.1) is 0 Å². The third-order valence-corrected chi connectivity index (χ3v) is 2.23. The van der Waals surface area contributed by atoms with E-state index >= 15 is 0 Å². The van der Waals surface area contributed by atoms with Crippen LogP contribution in [0.1, 0.15) is 18.9 Å². The van der Waals surface area contributed by atoms with E-state index in [0.717, 1.165) is 5.56 Å². The highest BCUT2D eigenvalue weighted by molar-refractivity contribution is 5.85. The first-order valence-corrected chi connectivity index (χ1v) is 5.23. The molecule has 1 unspecified atom stereocenters. The zero-order chi connectivity index (χ0) is 12.1. The molecule has 1 aromatic carbocycles. The van der Waals surface area contributed by atoms with Crippen LogP contribution in [0.5, 0.6) is 0 Å². The highest BCUT2D eigenvalue weighted by Crippen LogP contribution is 2.07. The monoisotopic (exact) mass is 260 g/mol. The van der Waals surface area contributed by atoms with Crippen LogP contribution in [-0.4, -0.2) is 23.9 Å². The van der Waals surface area contributed by atoms with Crippen LogP contribution in [0.25, 0.3) is 0 Å². The zero-order valence-corrected chi connectivity index (χ0v) is 10.8. The van der Waals surface area contributed by atoms with E-state index in [1.54, 1.807) is 31.0 Å². The highest BCUT2D eigenvalue weighted by Gasteiger charge is 2.11. The number of hydrogen-bond acceptors (Lipinski definition) is 2. The molecular weight excluding hydrogens is 243 g/mol. The van der Waals surface area contributed by atoms with Gasteiger partial charge in [-0.3, -0.25) is 4.79 Å². The van der Waals surface area contributed by atoms with Gasteiger partial charge in [-0.05, 0) is 24.6 Å². The van der Waals surface area contributed by atoms with E-state index in [-0.39, 0.29) is 30.2 Å². The lowest BCUT2D eigenvalue weighted by Gasteiger charge is -2.18. The van der Waals surface area contributed by atoms with Crippen molar-refractivity contribution in [1.82, 2.24) is 4.90 Å². The number of carbonyl (C=O) groups is 1. The lowest BCUT2D eigenvalue weighted by Crippen LogP contribution is -2.31. The molecule has 0 radical (unpaired) electrons. The minimum Gasteiger partial charge on any atom is -0.341 e. The number of hydrogen-bond donors (Lipinski definition) is 1.